The molecule has 4 nitrogen and oxygen atoms in total. The summed E-state index contributed by atoms with van der Waals surface area (Å²) in [5, 5.41) is 0. The molecular weight excluding hydrogens is 304 g/mol. The van der Waals surface area contributed by atoms with E-state index in [1.807, 2.05) is 0 Å². The van der Waals surface area contributed by atoms with Crippen LogP contribution in [0.15, 0.2) is 24.3 Å². The van der Waals surface area contributed by atoms with E-state index in [0.29, 0.717) is 24.3 Å². The van der Waals surface area contributed by atoms with Gasteiger partial charge in [0.15, 0.2) is 0 Å². The molecule has 0 aliphatic heterocycles. The molecule has 0 aliphatic rings. The molecule has 1 rings (SSSR count). The normalized spacial score (nSPS) is 10.4. The molecule has 0 saturated carbocycles. The Morgan fingerprint density at radius 2 is 1.21 bits per heavy atom. The average Bonchev–Trinajstić information content (AvgIpc) is 2.61. The molecule has 0 aromatic heterocycles. The van der Waals surface area contributed by atoms with Gasteiger partial charge in [0.1, 0.15) is 0 Å². The third-order valence-electron chi connectivity index (χ3n) is 3.80. The van der Waals surface area contributed by atoms with E-state index in [-0.39, 0.29) is 11.9 Å². The van der Waals surface area contributed by atoms with Crippen molar-refractivity contribution in [3.8, 4) is 0 Å². The predicted octanol–water partition coefficient (Wildman–Crippen LogP) is 5.16. The van der Waals surface area contributed by atoms with Crippen LogP contribution in [-0.2, 0) is 9.47 Å². The third kappa shape index (κ3) is 8.14. The highest BCUT2D eigenvalue weighted by atomic mass is 16.5. The monoisotopic (exact) mass is 334 g/mol. The van der Waals surface area contributed by atoms with Crippen LogP contribution >= 0.6 is 0 Å². The summed E-state index contributed by atoms with van der Waals surface area (Å²) in [5.41, 5.74) is 0.789. The van der Waals surface area contributed by atoms with Crippen LogP contribution in [0.25, 0.3) is 0 Å². The van der Waals surface area contributed by atoms with Crippen LogP contribution in [0.4, 0.5) is 0 Å². The Labute approximate surface area is 145 Å². The van der Waals surface area contributed by atoms with E-state index >= 15 is 0 Å². The van der Waals surface area contributed by atoms with E-state index < -0.39 is 0 Å². The second-order valence-electron chi connectivity index (χ2n) is 5.97. The Kier molecular flexibility index (Phi) is 10.6. The molecule has 0 unspecified atom stereocenters. The molecule has 134 valence electrons. The molecule has 24 heavy (non-hydrogen) atoms. The molecule has 0 aliphatic carbocycles. The van der Waals surface area contributed by atoms with Gasteiger partial charge in [0.2, 0.25) is 0 Å². The lowest BCUT2D eigenvalue weighted by atomic mass is 10.1. The fourth-order valence-corrected chi connectivity index (χ4v) is 2.33. The van der Waals surface area contributed by atoms with Gasteiger partial charge in [-0.3, -0.25) is 0 Å². The fraction of sp³-hybridized carbons (Fsp3) is 0.600. The fourth-order valence-electron chi connectivity index (χ4n) is 2.33. The molecule has 0 atom stereocenters. The van der Waals surface area contributed by atoms with Crippen LogP contribution in [0.5, 0.6) is 0 Å². The maximum absolute atomic E-state index is 12.0. The number of rotatable bonds is 12. The molecule has 0 fully saturated rings. The van der Waals surface area contributed by atoms with Gasteiger partial charge >= 0.3 is 11.9 Å². The first kappa shape index (κ1) is 20.2. The Balaban J connectivity index is 2.41. The zero-order valence-electron chi connectivity index (χ0n) is 15.0. The minimum absolute atomic E-state index is 0.385. The van der Waals surface area contributed by atoms with Gasteiger partial charge in [-0.05, 0) is 31.0 Å². The van der Waals surface area contributed by atoms with Crippen molar-refractivity contribution in [3.63, 3.8) is 0 Å². The lowest BCUT2D eigenvalue weighted by Gasteiger charge is -2.07. The summed E-state index contributed by atoms with van der Waals surface area (Å²) >= 11 is 0. The van der Waals surface area contributed by atoms with Crippen LogP contribution in [-0.4, -0.2) is 25.2 Å². The molecule has 4 heteroatoms. The molecule has 0 radical (unpaired) electrons. The maximum atomic E-state index is 12.0. The van der Waals surface area contributed by atoms with Crippen LogP contribution in [0.2, 0.25) is 0 Å². The molecule has 0 amide bonds. The maximum Gasteiger partial charge on any atom is 0.338 e. The summed E-state index contributed by atoms with van der Waals surface area (Å²) in [4.78, 5) is 24.0. The van der Waals surface area contributed by atoms with E-state index in [4.69, 9.17) is 9.47 Å². The van der Waals surface area contributed by atoms with Gasteiger partial charge in [-0.15, -0.1) is 0 Å². The Hall–Kier alpha value is -1.84. The van der Waals surface area contributed by atoms with Gasteiger partial charge in [-0.1, -0.05) is 58.4 Å². The van der Waals surface area contributed by atoms with E-state index in [2.05, 4.69) is 13.8 Å². The van der Waals surface area contributed by atoms with Gasteiger partial charge in [0, 0.05) is 0 Å². The Bertz CT molecular complexity index is 455. The zero-order chi connectivity index (χ0) is 17.6. The van der Waals surface area contributed by atoms with E-state index in [1.54, 1.807) is 24.3 Å². The molecule has 0 N–H and O–H groups in total. The minimum Gasteiger partial charge on any atom is -0.462 e. The largest absolute Gasteiger partial charge is 0.462 e. The van der Waals surface area contributed by atoms with Crippen molar-refractivity contribution in [2.24, 2.45) is 0 Å². The number of carbonyl (C=O) groups excluding carboxylic acids is 2. The third-order valence-corrected chi connectivity index (χ3v) is 3.80. The van der Waals surface area contributed by atoms with Gasteiger partial charge in [-0.25, -0.2) is 9.59 Å². The first-order chi connectivity index (χ1) is 11.7. The second-order valence-corrected chi connectivity index (χ2v) is 5.97. The quantitative estimate of drug-likeness (QED) is 0.391. The summed E-state index contributed by atoms with van der Waals surface area (Å²) in [6.07, 6.45) is 8.47. The smallest absolute Gasteiger partial charge is 0.338 e. The molecule has 1 aromatic carbocycles. The summed E-state index contributed by atoms with van der Waals surface area (Å²) in [6, 6.07) is 6.54. The number of unbranched alkanes of at least 4 members (excludes halogenated alkanes) is 6. The topological polar surface area (TPSA) is 52.6 Å². The first-order valence-corrected chi connectivity index (χ1v) is 9.13. The van der Waals surface area contributed by atoms with Crippen molar-refractivity contribution < 1.29 is 19.1 Å². The highest BCUT2D eigenvalue weighted by molar-refractivity contribution is 5.95. The van der Waals surface area contributed by atoms with Crippen LogP contribution in [0.3, 0.4) is 0 Å². The number of benzene rings is 1. The summed E-state index contributed by atoms with van der Waals surface area (Å²) in [7, 11) is 0. The average molecular weight is 334 g/mol. The highest BCUT2D eigenvalue weighted by Gasteiger charge is 2.12. The SMILES string of the molecule is CCCCCCOC(=O)c1cccc(C(=O)OCCCCCC)c1. The predicted molar refractivity (Wildman–Crippen MR) is 95.3 cm³/mol. The summed E-state index contributed by atoms with van der Waals surface area (Å²) < 4.78 is 10.5. The zero-order valence-corrected chi connectivity index (χ0v) is 15.0. The van der Waals surface area contributed by atoms with Crippen LogP contribution in [0, 0.1) is 0 Å². The Morgan fingerprint density at radius 3 is 1.62 bits per heavy atom. The number of hydrogen-bond acceptors (Lipinski definition) is 4. The van der Waals surface area contributed by atoms with E-state index in [1.165, 1.54) is 0 Å². The molecule has 1 aromatic rings. The van der Waals surface area contributed by atoms with E-state index in [0.717, 1.165) is 51.4 Å². The van der Waals surface area contributed by atoms with E-state index in [9.17, 15) is 9.59 Å². The number of esters is 2. The van der Waals surface area contributed by atoms with Crippen molar-refractivity contribution in [3.05, 3.63) is 35.4 Å². The van der Waals surface area contributed by atoms with Crippen molar-refractivity contribution in [1.82, 2.24) is 0 Å². The van der Waals surface area contributed by atoms with Gasteiger partial charge in [0.25, 0.3) is 0 Å². The number of hydrogen-bond donors (Lipinski definition) is 0. The van der Waals surface area contributed by atoms with Crippen molar-refractivity contribution in [2.75, 3.05) is 13.2 Å². The molecule has 0 heterocycles. The molecule has 0 saturated heterocycles. The second kappa shape index (κ2) is 12.6. The Morgan fingerprint density at radius 1 is 0.750 bits per heavy atom. The van der Waals surface area contributed by atoms with Gasteiger partial charge in [0.05, 0.1) is 24.3 Å². The molecule has 0 spiro atoms. The lowest BCUT2D eigenvalue weighted by molar-refractivity contribution is 0.0496. The molecular formula is C20H30O4. The first-order valence-electron chi connectivity index (χ1n) is 9.13. The lowest BCUT2D eigenvalue weighted by Crippen LogP contribution is -2.10. The van der Waals surface area contributed by atoms with Crippen molar-refractivity contribution in [2.45, 2.75) is 65.2 Å². The molecule has 0 bridgehead atoms. The van der Waals surface area contributed by atoms with Crippen LogP contribution in [0.1, 0.15) is 85.9 Å². The number of ether oxygens (including phenoxy) is 2. The standard InChI is InChI=1S/C20H30O4/c1-3-5-7-9-14-23-19(21)17-12-11-13-18(16-17)20(22)24-15-10-8-6-4-2/h11-13,16H,3-10,14-15H2,1-2H3. The number of carbonyl (C=O) groups is 2. The van der Waals surface area contributed by atoms with Crippen molar-refractivity contribution >= 4 is 11.9 Å². The van der Waals surface area contributed by atoms with Crippen molar-refractivity contribution in [1.29, 1.82) is 0 Å². The summed E-state index contributed by atoms with van der Waals surface area (Å²) in [6.45, 7) is 5.12. The van der Waals surface area contributed by atoms with Crippen LogP contribution < -0.4 is 0 Å². The minimum atomic E-state index is -0.385. The van der Waals surface area contributed by atoms with Gasteiger partial charge < -0.3 is 9.47 Å². The highest BCUT2D eigenvalue weighted by Crippen LogP contribution is 2.10. The van der Waals surface area contributed by atoms with Gasteiger partial charge in [-0.2, -0.15) is 0 Å². The summed E-state index contributed by atoms with van der Waals surface area (Å²) in [5.74, 6) is -0.770.